The zero-order chi connectivity index (χ0) is 15.4. The summed E-state index contributed by atoms with van der Waals surface area (Å²) in [4.78, 5) is 0. The number of ether oxygens (including phenoxy) is 1. The lowest BCUT2D eigenvalue weighted by atomic mass is 9.93. The SMILES string of the molecule is CCC(C)c1ccc(C(N)c2ccc(C)c(OC)c2)cc1. The highest BCUT2D eigenvalue weighted by Gasteiger charge is 2.11. The number of methoxy groups -OCH3 is 1. The summed E-state index contributed by atoms with van der Waals surface area (Å²) in [6.45, 7) is 6.50. The van der Waals surface area contributed by atoms with Gasteiger partial charge in [0.1, 0.15) is 5.75 Å². The molecule has 2 rings (SSSR count). The van der Waals surface area contributed by atoms with Crippen molar-refractivity contribution in [2.75, 3.05) is 7.11 Å². The van der Waals surface area contributed by atoms with Crippen LogP contribution in [-0.4, -0.2) is 7.11 Å². The number of hydrogen-bond acceptors (Lipinski definition) is 2. The van der Waals surface area contributed by atoms with E-state index in [1.54, 1.807) is 7.11 Å². The van der Waals surface area contributed by atoms with Gasteiger partial charge in [-0.15, -0.1) is 0 Å². The Bertz CT molecular complexity index is 589. The Labute approximate surface area is 127 Å². The molecule has 2 aromatic rings. The Morgan fingerprint density at radius 2 is 1.57 bits per heavy atom. The van der Waals surface area contributed by atoms with E-state index < -0.39 is 0 Å². The van der Waals surface area contributed by atoms with Crippen LogP contribution in [0.1, 0.15) is 54.5 Å². The van der Waals surface area contributed by atoms with Gasteiger partial charge in [0.25, 0.3) is 0 Å². The molecule has 2 atom stereocenters. The average Bonchev–Trinajstić information content (AvgIpc) is 2.54. The Morgan fingerprint density at radius 3 is 2.14 bits per heavy atom. The summed E-state index contributed by atoms with van der Waals surface area (Å²) >= 11 is 0. The second kappa shape index (κ2) is 6.77. The zero-order valence-corrected chi connectivity index (χ0v) is 13.4. The van der Waals surface area contributed by atoms with Crippen molar-refractivity contribution in [3.63, 3.8) is 0 Å². The van der Waals surface area contributed by atoms with Gasteiger partial charge in [0.15, 0.2) is 0 Å². The predicted molar refractivity (Wildman–Crippen MR) is 88.9 cm³/mol. The van der Waals surface area contributed by atoms with E-state index >= 15 is 0 Å². The Morgan fingerprint density at radius 1 is 1.00 bits per heavy atom. The summed E-state index contributed by atoms with van der Waals surface area (Å²) < 4.78 is 5.38. The van der Waals surface area contributed by atoms with E-state index in [0.717, 1.165) is 28.9 Å². The summed E-state index contributed by atoms with van der Waals surface area (Å²) in [6, 6.07) is 14.7. The highest BCUT2D eigenvalue weighted by molar-refractivity contribution is 5.41. The first-order valence-electron chi connectivity index (χ1n) is 7.56. The maximum atomic E-state index is 6.39. The quantitative estimate of drug-likeness (QED) is 0.872. The summed E-state index contributed by atoms with van der Waals surface area (Å²) in [6.07, 6.45) is 1.15. The minimum absolute atomic E-state index is 0.120. The van der Waals surface area contributed by atoms with Crippen LogP contribution in [0.3, 0.4) is 0 Å². The van der Waals surface area contributed by atoms with Crippen molar-refractivity contribution in [1.82, 2.24) is 0 Å². The van der Waals surface area contributed by atoms with Crippen molar-refractivity contribution in [3.8, 4) is 5.75 Å². The van der Waals surface area contributed by atoms with Crippen LogP contribution < -0.4 is 10.5 Å². The van der Waals surface area contributed by atoms with Gasteiger partial charge in [0, 0.05) is 0 Å². The molecule has 112 valence electrons. The van der Waals surface area contributed by atoms with Gasteiger partial charge in [-0.25, -0.2) is 0 Å². The van der Waals surface area contributed by atoms with Crippen LogP contribution in [0.4, 0.5) is 0 Å². The highest BCUT2D eigenvalue weighted by Crippen LogP contribution is 2.27. The molecule has 0 amide bonds. The number of benzene rings is 2. The van der Waals surface area contributed by atoms with Gasteiger partial charge in [-0.3, -0.25) is 0 Å². The first kappa shape index (κ1) is 15.6. The second-order valence-corrected chi connectivity index (χ2v) is 5.68. The number of rotatable bonds is 5. The van der Waals surface area contributed by atoms with Gasteiger partial charge >= 0.3 is 0 Å². The predicted octanol–water partition coefficient (Wildman–Crippen LogP) is 4.57. The van der Waals surface area contributed by atoms with Gasteiger partial charge in [-0.1, -0.05) is 50.2 Å². The van der Waals surface area contributed by atoms with Gasteiger partial charge in [-0.05, 0) is 47.6 Å². The van der Waals surface area contributed by atoms with Crippen LogP contribution in [-0.2, 0) is 0 Å². The first-order chi connectivity index (χ1) is 10.1. The number of nitrogens with two attached hydrogens (primary N) is 1. The highest BCUT2D eigenvalue weighted by atomic mass is 16.5. The molecule has 2 aromatic carbocycles. The van der Waals surface area contributed by atoms with Crippen LogP contribution in [0.2, 0.25) is 0 Å². The average molecular weight is 283 g/mol. The molecule has 21 heavy (non-hydrogen) atoms. The summed E-state index contributed by atoms with van der Waals surface area (Å²) in [5.74, 6) is 1.48. The molecule has 0 saturated carbocycles. The van der Waals surface area contributed by atoms with Crippen molar-refractivity contribution in [1.29, 1.82) is 0 Å². The maximum absolute atomic E-state index is 6.39. The van der Waals surface area contributed by atoms with E-state index in [-0.39, 0.29) is 6.04 Å². The Hall–Kier alpha value is -1.80. The molecule has 0 aromatic heterocycles. The molecular weight excluding hydrogens is 258 g/mol. The Kier molecular flexibility index (Phi) is 5.03. The fourth-order valence-electron chi connectivity index (χ4n) is 2.49. The molecule has 0 aliphatic carbocycles. The molecule has 0 saturated heterocycles. The number of aryl methyl sites for hydroxylation is 1. The monoisotopic (exact) mass is 283 g/mol. The molecule has 2 nitrogen and oxygen atoms in total. The largest absolute Gasteiger partial charge is 0.496 e. The molecule has 0 aliphatic heterocycles. The molecule has 0 heterocycles. The molecule has 2 unspecified atom stereocenters. The van der Waals surface area contributed by atoms with E-state index in [9.17, 15) is 0 Å². The van der Waals surface area contributed by atoms with Crippen LogP contribution in [0.25, 0.3) is 0 Å². The van der Waals surface area contributed by atoms with Crippen molar-refractivity contribution < 1.29 is 4.74 Å². The summed E-state index contributed by atoms with van der Waals surface area (Å²) in [7, 11) is 1.69. The molecule has 0 spiro atoms. The normalized spacial score (nSPS) is 13.8. The van der Waals surface area contributed by atoms with Gasteiger partial charge in [0.2, 0.25) is 0 Å². The molecular formula is C19H25NO. The minimum Gasteiger partial charge on any atom is -0.496 e. The van der Waals surface area contributed by atoms with Crippen molar-refractivity contribution in [3.05, 3.63) is 64.7 Å². The third kappa shape index (κ3) is 3.45. The topological polar surface area (TPSA) is 35.2 Å². The van der Waals surface area contributed by atoms with Crippen LogP contribution in [0.15, 0.2) is 42.5 Å². The molecule has 2 N–H and O–H groups in total. The lowest BCUT2D eigenvalue weighted by molar-refractivity contribution is 0.411. The number of hydrogen-bond donors (Lipinski definition) is 1. The minimum atomic E-state index is -0.120. The fraction of sp³-hybridized carbons (Fsp3) is 0.368. The maximum Gasteiger partial charge on any atom is 0.122 e. The van der Waals surface area contributed by atoms with E-state index in [1.807, 2.05) is 13.0 Å². The third-order valence-corrected chi connectivity index (χ3v) is 4.27. The van der Waals surface area contributed by atoms with E-state index in [0.29, 0.717) is 5.92 Å². The molecule has 0 aliphatic rings. The molecule has 0 fully saturated rings. The zero-order valence-electron chi connectivity index (χ0n) is 13.4. The van der Waals surface area contributed by atoms with Gasteiger partial charge in [0.05, 0.1) is 13.2 Å². The summed E-state index contributed by atoms with van der Waals surface area (Å²) in [5.41, 5.74) is 11.1. The van der Waals surface area contributed by atoms with Crippen molar-refractivity contribution in [2.24, 2.45) is 5.73 Å². The first-order valence-corrected chi connectivity index (χ1v) is 7.56. The lowest BCUT2D eigenvalue weighted by Crippen LogP contribution is -2.12. The van der Waals surface area contributed by atoms with Gasteiger partial charge in [-0.2, -0.15) is 0 Å². The lowest BCUT2D eigenvalue weighted by Gasteiger charge is -2.16. The van der Waals surface area contributed by atoms with Crippen LogP contribution in [0, 0.1) is 6.92 Å². The molecule has 0 bridgehead atoms. The van der Waals surface area contributed by atoms with Crippen molar-refractivity contribution >= 4 is 0 Å². The second-order valence-electron chi connectivity index (χ2n) is 5.68. The van der Waals surface area contributed by atoms with Crippen LogP contribution in [0.5, 0.6) is 5.75 Å². The Balaban J connectivity index is 2.25. The standard InChI is InChI=1S/C19H25NO/c1-5-13(2)15-8-10-16(11-9-15)19(20)17-7-6-14(3)18(12-17)21-4/h6-13,19H,5,20H2,1-4H3. The molecule has 0 radical (unpaired) electrons. The van der Waals surface area contributed by atoms with Crippen LogP contribution >= 0.6 is 0 Å². The van der Waals surface area contributed by atoms with E-state index in [4.69, 9.17) is 10.5 Å². The third-order valence-electron chi connectivity index (χ3n) is 4.27. The van der Waals surface area contributed by atoms with Crippen molar-refractivity contribution in [2.45, 2.75) is 39.2 Å². The van der Waals surface area contributed by atoms with E-state index in [1.165, 1.54) is 5.56 Å². The fourth-order valence-corrected chi connectivity index (χ4v) is 2.49. The summed E-state index contributed by atoms with van der Waals surface area (Å²) in [5, 5.41) is 0. The van der Waals surface area contributed by atoms with Gasteiger partial charge < -0.3 is 10.5 Å². The van der Waals surface area contributed by atoms with E-state index in [2.05, 4.69) is 50.2 Å². The smallest absolute Gasteiger partial charge is 0.122 e. The molecule has 2 heteroatoms.